The molecule has 3 aromatic rings. The summed E-state index contributed by atoms with van der Waals surface area (Å²) in [5.74, 6) is 0.537. The molecule has 9 heteroatoms. The highest BCUT2D eigenvalue weighted by atomic mass is 19.4. The van der Waals surface area contributed by atoms with Crippen LogP contribution in [0.25, 0.3) is 22.3 Å². The number of hydrogen-bond acceptors (Lipinski definition) is 5. The number of alkyl halides is 3. The maximum Gasteiger partial charge on any atom is 0.419 e. The monoisotopic (exact) mass is 429 g/mol. The molecule has 1 fully saturated rings. The summed E-state index contributed by atoms with van der Waals surface area (Å²) >= 11 is 0. The Kier molecular flexibility index (Phi) is 5.83. The predicted molar refractivity (Wildman–Crippen MR) is 109 cm³/mol. The molecule has 1 saturated carbocycles. The van der Waals surface area contributed by atoms with Gasteiger partial charge in [0.1, 0.15) is 17.3 Å². The number of aromatic nitrogens is 3. The molecule has 0 radical (unpaired) electrons. The SMILES string of the molecule is CCOc1ccc(-c2cc3c(ncn3CCNCC3CC3)c(C#N)n2)cc1C(F)(F)F. The summed E-state index contributed by atoms with van der Waals surface area (Å²) in [4.78, 5) is 8.56. The number of fused-ring (bicyclic) bond motifs is 1. The lowest BCUT2D eigenvalue weighted by atomic mass is 10.1. The van der Waals surface area contributed by atoms with E-state index in [1.54, 1.807) is 19.3 Å². The summed E-state index contributed by atoms with van der Waals surface area (Å²) in [5, 5.41) is 12.9. The van der Waals surface area contributed by atoms with E-state index in [2.05, 4.69) is 15.3 Å². The van der Waals surface area contributed by atoms with Crippen molar-refractivity contribution in [1.29, 1.82) is 5.26 Å². The molecule has 6 nitrogen and oxygen atoms in total. The van der Waals surface area contributed by atoms with Crippen molar-refractivity contribution >= 4 is 11.0 Å². The Hall–Kier alpha value is -3.12. The van der Waals surface area contributed by atoms with Gasteiger partial charge in [-0.15, -0.1) is 0 Å². The maximum absolute atomic E-state index is 13.5. The molecule has 0 spiro atoms. The first kappa shape index (κ1) is 21.1. The van der Waals surface area contributed by atoms with Gasteiger partial charge in [0.2, 0.25) is 0 Å². The second-order valence-electron chi connectivity index (χ2n) is 7.56. The first-order valence-corrected chi connectivity index (χ1v) is 10.2. The van der Waals surface area contributed by atoms with Gasteiger partial charge in [0.05, 0.1) is 29.7 Å². The number of halogens is 3. The number of nitrogens with one attached hydrogen (secondary N) is 1. The van der Waals surface area contributed by atoms with Gasteiger partial charge in [0.25, 0.3) is 0 Å². The van der Waals surface area contributed by atoms with E-state index in [1.807, 2.05) is 10.6 Å². The number of pyridine rings is 1. The van der Waals surface area contributed by atoms with Crippen molar-refractivity contribution in [2.24, 2.45) is 5.92 Å². The van der Waals surface area contributed by atoms with Crippen LogP contribution in [0, 0.1) is 17.2 Å². The summed E-state index contributed by atoms with van der Waals surface area (Å²) in [7, 11) is 0. The van der Waals surface area contributed by atoms with E-state index in [-0.39, 0.29) is 29.3 Å². The van der Waals surface area contributed by atoms with Gasteiger partial charge < -0.3 is 14.6 Å². The van der Waals surface area contributed by atoms with Crippen LogP contribution in [0.2, 0.25) is 0 Å². The fourth-order valence-corrected chi connectivity index (χ4v) is 3.48. The zero-order chi connectivity index (χ0) is 22.0. The molecular formula is C22H22F3N5O. The smallest absolute Gasteiger partial charge is 0.419 e. The van der Waals surface area contributed by atoms with E-state index >= 15 is 0 Å². The summed E-state index contributed by atoms with van der Waals surface area (Å²) in [6.07, 6.45) is -0.403. The van der Waals surface area contributed by atoms with Crippen LogP contribution in [0.15, 0.2) is 30.6 Å². The molecule has 1 aliphatic carbocycles. The molecule has 4 rings (SSSR count). The molecule has 0 bridgehead atoms. The Labute approximate surface area is 177 Å². The minimum Gasteiger partial charge on any atom is -0.493 e. The second kappa shape index (κ2) is 8.55. The minimum absolute atomic E-state index is 0.0830. The normalized spacial score (nSPS) is 14.0. The van der Waals surface area contributed by atoms with Crippen LogP contribution in [0.4, 0.5) is 13.2 Å². The number of benzene rings is 1. The molecule has 2 aromatic heterocycles. The number of nitrogens with zero attached hydrogens (tertiary/aromatic N) is 4. The Bertz CT molecular complexity index is 1130. The van der Waals surface area contributed by atoms with Crippen LogP contribution in [0.5, 0.6) is 5.75 Å². The molecular weight excluding hydrogens is 407 g/mol. The first-order chi connectivity index (χ1) is 14.9. The van der Waals surface area contributed by atoms with E-state index in [1.165, 1.54) is 25.0 Å². The number of imidazole rings is 1. The number of nitriles is 1. The van der Waals surface area contributed by atoms with Crippen LogP contribution >= 0.6 is 0 Å². The highest BCUT2D eigenvalue weighted by molar-refractivity contribution is 5.84. The Morgan fingerprint density at radius 2 is 2.10 bits per heavy atom. The molecule has 162 valence electrons. The van der Waals surface area contributed by atoms with Crippen LogP contribution in [-0.4, -0.2) is 34.2 Å². The second-order valence-corrected chi connectivity index (χ2v) is 7.56. The fraction of sp³-hybridized carbons (Fsp3) is 0.409. The number of hydrogen-bond donors (Lipinski definition) is 1. The van der Waals surface area contributed by atoms with Crippen molar-refractivity contribution < 1.29 is 17.9 Å². The zero-order valence-electron chi connectivity index (χ0n) is 17.0. The van der Waals surface area contributed by atoms with Crippen molar-refractivity contribution in [3.63, 3.8) is 0 Å². The van der Waals surface area contributed by atoms with E-state index in [9.17, 15) is 18.4 Å². The molecule has 31 heavy (non-hydrogen) atoms. The van der Waals surface area contributed by atoms with Gasteiger partial charge in [-0.1, -0.05) is 0 Å². The number of rotatable bonds is 8. The van der Waals surface area contributed by atoms with Gasteiger partial charge in [0, 0.05) is 18.7 Å². The molecule has 1 aliphatic rings. The highest BCUT2D eigenvalue weighted by Crippen LogP contribution is 2.39. The van der Waals surface area contributed by atoms with Crippen molar-refractivity contribution in [3.05, 3.63) is 41.9 Å². The lowest BCUT2D eigenvalue weighted by Crippen LogP contribution is -2.21. The van der Waals surface area contributed by atoms with Crippen molar-refractivity contribution in [3.8, 4) is 23.1 Å². The largest absolute Gasteiger partial charge is 0.493 e. The highest BCUT2D eigenvalue weighted by Gasteiger charge is 2.35. The quantitative estimate of drug-likeness (QED) is 0.538. The number of ether oxygens (including phenoxy) is 1. The van der Waals surface area contributed by atoms with E-state index < -0.39 is 11.7 Å². The summed E-state index contributed by atoms with van der Waals surface area (Å²) in [6, 6.07) is 7.52. The third kappa shape index (κ3) is 4.64. The van der Waals surface area contributed by atoms with Crippen LogP contribution in [-0.2, 0) is 12.7 Å². The van der Waals surface area contributed by atoms with Crippen molar-refractivity contribution in [1.82, 2.24) is 19.9 Å². The van der Waals surface area contributed by atoms with Crippen LogP contribution < -0.4 is 10.1 Å². The Balaban J connectivity index is 1.70. The Morgan fingerprint density at radius 3 is 2.77 bits per heavy atom. The summed E-state index contributed by atoms with van der Waals surface area (Å²) in [6.45, 7) is 4.11. The Morgan fingerprint density at radius 1 is 1.29 bits per heavy atom. The van der Waals surface area contributed by atoms with E-state index in [0.29, 0.717) is 17.6 Å². The summed E-state index contributed by atoms with van der Waals surface area (Å²) in [5.41, 5.74) is 0.858. The minimum atomic E-state index is -4.57. The van der Waals surface area contributed by atoms with Crippen molar-refractivity contribution in [2.75, 3.05) is 19.7 Å². The third-order valence-corrected chi connectivity index (χ3v) is 5.25. The average molecular weight is 429 g/mol. The predicted octanol–water partition coefficient (Wildman–Crippen LogP) is 4.39. The molecule has 2 heterocycles. The van der Waals surface area contributed by atoms with Gasteiger partial charge in [-0.3, -0.25) is 0 Å². The lowest BCUT2D eigenvalue weighted by Gasteiger charge is -2.15. The van der Waals surface area contributed by atoms with Gasteiger partial charge in [0.15, 0.2) is 5.69 Å². The summed E-state index contributed by atoms with van der Waals surface area (Å²) < 4.78 is 47.6. The van der Waals surface area contributed by atoms with Gasteiger partial charge in [-0.2, -0.15) is 18.4 Å². The average Bonchev–Trinajstić information content (AvgIpc) is 3.48. The fourth-order valence-electron chi connectivity index (χ4n) is 3.48. The van der Waals surface area contributed by atoms with Gasteiger partial charge >= 0.3 is 6.18 Å². The van der Waals surface area contributed by atoms with Crippen molar-refractivity contribution in [2.45, 2.75) is 32.5 Å². The molecule has 1 N–H and O–H groups in total. The van der Waals surface area contributed by atoms with Gasteiger partial charge in [-0.25, -0.2) is 9.97 Å². The molecule has 0 amide bonds. The molecule has 0 atom stereocenters. The standard InChI is InChI=1S/C22H22F3N5O/c1-2-31-20-6-5-15(9-16(20)22(23,24)25)17-10-19-21(18(11-26)29-17)28-13-30(19)8-7-27-12-14-3-4-14/h5-6,9-10,13-14,27H,2-4,7-8,12H2,1H3. The molecule has 0 unspecified atom stereocenters. The maximum atomic E-state index is 13.5. The van der Waals surface area contributed by atoms with E-state index in [4.69, 9.17) is 4.74 Å². The van der Waals surface area contributed by atoms with Crippen LogP contribution in [0.1, 0.15) is 31.0 Å². The molecule has 0 aliphatic heterocycles. The lowest BCUT2D eigenvalue weighted by molar-refractivity contribution is -0.138. The van der Waals surface area contributed by atoms with E-state index in [0.717, 1.165) is 25.1 Å². The van der Waals surface area contributed by atoms with Gasteiger partial charge in [-0.05, 0) is 56.5 Å². The zero-order valence-corrected chi connectivity index (χ0v) is 17.0. The molecule has 1 aromatic carbocycles. The molecule has 0 saturated heterocycles. The first-order valence-electron chi connectivity index (χ1n) is 10.2. The van der Waals surface area contributed by atoms with Crippen LogP contribution in [0.3, 0.4) is 0 Å². The third-order valence-electron chi connectivity index (χ3n) is 5.25. The topological polar surface area (TPSA) is 75.8 Å².